The predicted molar refractivity (Wildman–Crippen MR) is 43.3 cm³/mol. The molecule has 0 N–H and O–H groups in total. The molecule has 2 rings (SSSR count). The average Bonchev–Trinajstić information content (AvgIpc) is 2.76. The zero-order chi connectivity index (χ0) is 9.10. The first-order chi connectivity index (χ1) is 6.42. The SMILES string of the molecule is O=CN(C1=NCCO1)c1ccon1. The molecule has 1 amide bonds. The van der Waals surface area contributed by atoms with Crippen molar-refractivity contribution < 1.29 is 14.1 Å². The van der Waals surface area contributed by atoms with Gasteiger partial charge in [-0.05, 0) is 0 Å². The van der Waals surface area contributed by atoms with Crippen LogP contribution in [0.3, 0.4) is 0 Å². The maximum atomic E-state index is 10.7. The van der Waals surface area contributed by atoms with Crippen LogP contribution in [-0.2, 0) is 9.53 Å². The Morgan fingerprint density at radius 3 is 3.08 bits per heavy atom. The number of rotatable bonds is 2. The summed E-state index contributed by atoms with van der Waals surface area (Å²) in [4.78, 5) is 15.8. The molecule has 1 aromatic heterocycles. The lowest BCUT2D eigenvalue weighted by Crippen LogP contribution is -2.29. The quantitative estimate of drug-likeness (QED) is 0.603. The number of nitrogens with zero attached hydrogens (tertiary/aromatic N) is 3. The van der Waals surface area contributed by atoms with Gasteiger partial charge in [0.25, 0.3) is 6.02 Å². The number of hydrogen-bond acceptors (Lipinski definition) is 5. The summed E-state index contributed by atoms with van der Waals surface area (Å²) < 4.78 is 9.69. The van der Waals surface area contributed by atoms with Crippen molar-refractivity contribution in [1.29, 1.82) is 0 Å². The second-order valence-corrected chi connectivity index (χ2v) is 2.35. The lowest BCUT2D eigenvalue weighted by molar-refractivity contribution is -0.106. The number of amides is 1. The number of ether oxygens (including phenoxy) is 1. The number of aromatic nitrogens is 1. The number of hydrogen-bond donors (Lipinski definition) is 0. The van der Waals surface area contributed by atoms with E-state index in [4.69, 9.17) is 4.74 Å². The molecule has 13 heavy (non-hydrogen) atoms. The van der Waals surface area contributed by atoms with Gasteiger partial charge in [-0.2, -0.15) is 0 Å². The molecule has 0 aromatic carbocycles. The molecule has 1 aromatic rings. The van der Waals surface area contributed by atoms with Crippen molar-refractivity contribution in [2.45, 2.75) is 0 Å². The summed E-state index contributed by atoms with van der Waals surface area (Å²) in [5.41, 5.74) is 0. The third kappa shape index (κ3) is 1.37. The summed E-state index contributed by atoms with van der Waals surface area (Å²) >= 11 is 0. The maximum Gasteiger partial charge on any atom is 0.300 e. The first-order valence-electron chi connectivity index (χ1n) is 3.74. The molecule has 6 heteroatoms. The molecule has 0 bridgehead atoms. The van der Waals surface area contributed by atoms with Crippen LogP contribution < -0.4 is 4.90 Å². The zero-order valence-corrected chi connectivity index (χ0v) is 6.71. The van der Waals surface area contributed by atoms with Gasteiger partial charge in [-0.25, -0.2) is 9.89 Å². The van der Waals surface area contributed by atoms with E-state index in [2.05, 4.69) is 14.7 Å². The maximum absolute atomic E-state index is 10.7. The summed E-state index contributed by atoms with van der Waals surface area (Å²) in [7, 11) is 0. The van der Waals surface area contributed by atoms with Crippen molar-refractivity contribution in [2.24, 2.45) is 4.99 Å². The van der Waals surface area contributed by atoms with Gasteiger partial charge < -0.3 is 9.26 Å². The molecule has 0 spiro atoms. The Balaban J connectivity index is 2.23. The van der Waals surface area contributed by atoms with Crippen LogP contribution in [0, 0.1) is 0 Å². The molecule has 2 heterocycles. The number of anilines is 1. The second-order valence-electron chi connectivity index (χ2n) is 2.35. The highest BCUT2D eigenvalue weighted by molar-refractivity contribution is 6.05. The fraction of sp³-hybridized carbons (Fsp3) is 0.286. The second kappa shape index (κ2) is 3.26. The summed E-state index contributed by atoms with van der Waals surface area (Å²) in [5.74, 6) is 0.371. The molecule has 0 atom stereocenters. The van der Waals surface area contributed by atoms with Gasteiger partial charge in [-0.3, -0.25) is 4.79 Å². The summed E-state index contributed by atoms with van der Waals surface area (Å²) in [5, 5.41) is 3.59. The van der Waals surface area contributed by atoms with Gasteiger partial charge in [0.2, 0.25) is 6.41 Å². The van der Waals surface area contributed by atoms with Gasteiger partial charge in [0.05, 0.1) is 6.54 Å². The van der Waals surface area contributed by atoms with Crippen LogP contribution in [0.4, 0.5) is 5.82 Å². The standard InChI is InChI=1S/C7H7N3O3/c11-5-10(6-1-3-13-9-6)7-8-2-4-12-7/h1,3,5H,2,4H2. The van der Waals surface area contributed by atoms with Crippen molar-refractivity contribution in [3.05, 3.63) is 12.3 Å². The highest BCUT2D eigenvalue weighted by Crippen LogP contribution is 2.11. The van der Waals surface area contributed by atoms with Crippen LogP contribution in [0.15, 0.2) is 21.8 Å². The molecule has 6 nitrogen and oxygen atoms in total. The lowest BCUT2D eigenvalue weighted by atomic mass is 10.6. The number of carbonyl (C=O) groups is 1. The van der Waals surface area contributed by atoms with Crippen molar-refractivity contribution in [3.63, 3.8) is 0 Å². The Bertz CT molecular complexity index is 320. The number of amidine groups is 1. The molecule has 0 saturated carbocycles. The Labute approximate surface area is 73.8 Å². The molecule has 0 aliphatic carbocycles. The van der Waals surface area contributed by atoms with E-state index in [-0.39, 0.29) is 6.02 Å². The van der Waals surface area contributed by atoms with Crippen molar-refractivity contribution >= 4 is 18.2 Å². The van der Waals surface area contributed by atoms with E-state index in [1.807, 2.05) is 0 Å². The molecule has 0 radical (unpaired) electrons. The fourth-order valence-electron chi connectivity index (χ4n) is 0.997. The van der Waals surface area contributed by atoms with Crippen LogP contribution in [0.25, 0.3) is 0 Å². The molecule has 68 valence electrons. The first kappa shape index (κ1) is 7.78. The molecule has 1 aliphatic rings. The molecular weight excluding hydrogens is 174 g/mol. The zero-order valence-electron chi connectivity index (χ0n) is 6.71. The average molecular weight is 181 g/mol. The molecule has 0 unspecified atom stereocenters. The van der Waals surface area contributed by atoms with Crippen LogP contribution in [0.5, 0.6) is 0 Å². The summed E-state index contributed by atoms with van der Waals surface area (Å²) in [6.07, 6.45) is 1.96. The van der Waals surface area contributed by atoms with Gasteiger partial charge in [0.1, 0.15) is 12.9 Å². The van der Waals surface area contributed by atoms with Gasteiger partial charge in [-0.15, -0.1) is 0 Å². The lowest BCUT2D eigenvalue weighted by Gasteiger charge is -2.11. The monoisotopic (exact) mass is 181 g/mol. The van der Waals surface area contributed by atoms with Gasteiger partial charge in [0.15, 0.2) is 5.82 Å². The minimum absolute atomic E-state index is 0.268. The third-order valence-corrected chi connectivity index (χ3v) is 1.55. The fourth-order valence-corrected chi connectivity index (χ4v) is 0.997. The summed E-state index contributed by atoms with van der Waals surface area (Å²) in [6.45, 7) is 1.06. The predicted octanol–water partition coefficient (Wildman–Crippen LogP) is 0.0236. The third-order valence-electron chi connectivity index (χ3n) is 1.55. The Morgan fingerprint density at radius 1 is 1.62 bits per heavy atom. The Morgan fingerprint density at radius 2 is 2.54 bits per heavy atom. The number of aliphatic imine (C=N–C) groups is 1. The Hall–Kier alpha value is -1.85. The van der Waals surface area contributed by atoms with Crippen LogP contribution in [0.1, 0.15) is 0 Å². The van der Waals surface area contributed by atoms with Crippen molar-refractivity contribution in [2.75, 3.05) is 18.1 Å². The minimum atomic E-state index is 0.268. The van der Waals surface area contributed by atoms with E-state index in [0.717, 1.165) is 0 Å². The van der Waals surface area contributed by atoms with Gasteiger partial charge in [-0.1, -0.05) is 5.16 Å². The van der Waals surface area contributed by atoms with Crippen LogP contribution in [-0.4, -0.2) is 30.7 Å². The van der Waals surface area contributed by atoms with Crippen molar-refractivity contribution in [1.82, 2.24) is 5.16 Å². The largest absolute Gasteiger partial charge is 0.463 e. The highest BCUT2D eigenvalue weighted by atomic mass is 16.5. The van der Waals surface area contributed by atoms with E-state index in [1.54, 1.807) is 6.07 Å². The summed E-state index contributed by atoms with van der Waals surface area (Å²) in [6, 6.07) is 1.82. The molecule has 1 aliphatic heterocycles. The Kier molecular flexibility index (Phi) is 1.95. The normalized spacial score (nSPS) is 14.9. The highest BCUT2D eigenvalue weighted by Gasteiger charge is 2.19. The number of carbonyl (C=O) groups excluding carboxylic acids is 1. The van der Waals surface area contributed by atoms with Crippen LogP contribution in [0.2, 0.25) is 0 Å². The minimum Gasteiger partial charge on any atom is -0.463 e. The van der Waals surface area contributed by atoms with Gasteiger partial charge in [0, 0.05) is 6.07 Å². The van der Waals surface area contributed by atoms with E-state index >= 15 is 0 Å². The smallest absolute Gasteiger partial charge is 0.300 e. The van der Waals surface area contributed by atoms with Crippen LogP contribution >= 0.6 is 0 Å². The molecule has 0 saturated heterocycles. The van der Waals surface area contributed by atoms with E-state index in [1.165, 1.54) is 11.2 Å². The van der Waals surface area contributed by atoms with Crippen molar-refractivity contribution in [3.8, 4) is 0 Å². The topological polar surface area (TPSA) is 67.9 Å². The van der Waals surface area contributed by atoms with E-state index < -0.39 is 0 Å². The van der Waals surface area contributed by atoms with Gasteiger partial charge >= 0.3 is 0 Å². The van der Waals surface area contributed by atoms with E-state index in [0.29, 0.717) is 25.4 Å². The molecule has 0 fully saturated rings. The van der Waals surface area contributed by atoms with E-state index in [9.17, 15) is 4.79 Å². The first-order valence-corrected chi connectivity index (χ1v) is 3.74. The molecular formula is C7H7N3O3.